The molecular formula is C16H22N2O3. The molecule has 1 heterocycles. The molecule has 1 aromatic carbocycles. The van der Waals surface area contributed by atoms with E-state index >= 15 is 0 Å². The van der Waals surface area contributed by atoms with E-state index in [1.165, 1.54) is 0 Å². The third kappa shape index (κ3) is 3.61. The zero-order valence-corrected chi connectivity index (χ0v) is 12.4. The number of carboxylic acids is 1. The Balaban J connectivity index is 2.31. The van der Waals surface area contributed by atoms with E-state index in [9.17, 15) is 4.79 Å². The maximum absolute atomic E-state index is 11.0. The molecule has 5 heteroatoms. The fourth-order valence-electron chi connectivity index (χ4n) is 2.54. The zero-order valence-electron chi connectivity index (χ0n) is 12.4. The van der Waals surface area contributed by atoms with Crippen LogP contribution in [0, 0.1) is 0 Å². The maximum Gasteiger partial charge on any atom is 0.335 e. The van der Waals surface area contributed by atoms with E-state index < -0.39 is 5.97 Å². The van der Waals surface area contributed by atoms with E-state index in [-0.39, 0.29) is 12.2 Å². The maximum atomic E-state index is 11.0. The van der Waals surface area contributed by atoms with Gasteiger partial charge in [0.2, 0.25) is 0 Å². The van der Waals surface area contributed by atoms with Gasteiger partial charge in [-0.2, -0.15) is 0 Å². The number of aliphatic hydroxyl groups is 1. The monoisotopic (exact) mass is 290 g/mol. The first-order valence-corrected chi connectivity index (χ1v) is 7.50. The molecule has 0 atom stereocenters. The molecular weight excluding hydrogens is 268 g/mol. The summed E-state index contributed by atoms with van der Waals surface area (Å²) in [5.74, 6) is 0.0884. The predicted molar refractivity (Wildman–Crippen MR) is 81.6 cm³/mol. The summed E-state index contributed by atoms with van der Waals surface area (Å²) in [6, 6.07) is 5.12. The van der Waals surface area contributed by atoms with Crippen LogP contribution in [-0.2, 0) is 13.0 Å². The first kappa shape index (κ1) is 15.5. The highest BCUT2D eigenvalue weighted by Gasteiger charge is 2.12. The minimum Gasteiger partial charge on any atom is -0.478 e. The van der Waals surface area contributed by atoms with E-state index in [0.29, 0.717) is 0 Å². The summed E-state index contributed by atoms with van der Waals surface area (Å²) in [5, 5.41) is 17.9. The van der Waals surface area contributed by atoms with E-state index in [4.69, 9.17) is 10.2 Å². The molecule has 0 aliphatic heterocycles. The minimum atomic E-state index is -0.925. The summed E-state index contributed by atoms with van der Waals surface area (Å²) in [4.78, 5) is 15.6. The highest BCUT2D eigenvalue weighted by atomic mass is 16.4. The summed E-state index contributed by atoms with van der Waals surface area (Å²) >= 11 is 0. The molecule has 2 aromatic rings. The van der Waals surface area contributed by atoms with Gasteiger partial charge in [-0.3, -0.25) is 0 Å². The Morgan fingerprint density at radius 2 is 2.10 bits per heavy atom. The molecule has 0 aliphatic carbocycles. The van der Waals surface area contributed by atoms with Crippen molar-refractivity contribution in [2.75, 3.05) is 6.61 Å². The molecule has 0 saturated heterocycles. The number of benzene rings is 1. The van der Waals surface area contributed by atoms with Crippen LogP contribution < -0.4 is 0 Å². The largest absolute Gasteiger partial charge is 0.478 e. The number of carboxylic acid groups (broad SMARTS) is 1. The molecule has 0 saturated carbocycles. The second kappa shape index (κ2) is 7.22. The van der Waals surface area contributed by atoms with Gasteiger partial charge in [0.25, 0.3) is 0 Å². The summed E-state index contributed by atoms with van der Waals surface area (Å²) in [5.41, 5.74) is 2.02. The number of aryl methyl sites for hydroxylation is 2. The van der Waals surface area contributed by atoms with Gasteiger partial charge < -0.3 is 14.8 Å². The van der Waals surface area contributed by atoms with Crippen molar-refractivity contribution < 1.29 is 15.0 Å². The lowest BCUT2D eigenvalue weighted by atomic mass is 10.2. The number of rotatable bonds is 8. The lowest BCUT2D eigenvalue weighted by Crippen LogP contribution is -2.04. The van der Waals surface area contributed by atoms with Crippen molar-refractivity contribution in [2.24, 2.45) is 0 Å². The molecule has 0 unspecified atom stereocenters. The van der Waals surface area contributed by atoms with Gasteiger partial charge in [0.15, 0.2) is 0 Å². The molecule has 0 amide bonds. The molecule has 0 radical (unpaired) electrons. The van der Waals surface area contributed by atoms with Crippen LogP contribution in [0.25, 0.3) is 11.0 Å². The first-order chi connectivity index (χ1) is 10.2. The van der Waals surface area contributed by atoms with Gasteiger partial charge in [-0.05, 0) is 43.9 Å². The van der Waals surface area contributed by atoms with E-state index in [1.807, 2.05) is 6.07 Å². The van der Waals surface area contributed by atoms with Gasteiger partial charge in [-0.1, -0.05) is 6.92 Å². The quantitative estimate of drug-likeness (QED) is 0.733. The fraction of sp³-hybridized carbons (Fsp3) is 0.500. The molecule has 1 aromatic heterocycles. The van der Waals surface area contributed by atoms with Crippen LogP contribution in [-0.4, -0.2) is 32.3 Å². The fourth-order valence-corrected chi connectivity index (χ4v) is 2.54. The molecule has 21 heavy (non-hydrogen) atoms. The van der Waals surface area contributed by atoms with Gasteiger partial charge in [0.1, 0.15) is 5.82 Å². The lowest BCUT2D eigenvalue weighted by Gasteiger charge is -2.08. The number of aromatic nitrogens is 2. The summed E-state index contributed by atoms with van der Waals surface area (Å²) < 4.78 is 2.18. The standard InChI is InChI=1S/C16H22N2O3/c1-2-6-15-17-13-11-12(16(20)21)7-8-14(13)18(15)9-4-3-5-10-19/h7-8,11,19H,2-6,9-10H2,1H3,(H,20,21). The smallest absolute Gasteiger partial charge is 0.335 e. The number of hydrogen-bond donors (Lipinski definition) is 2. The predicted octanol–water partition coefficient (Wildman–Crippen LogP) is 2.85. The van der Waals surface area contributed by atoms with Crippen LogP contribution in [0.5, 0.6) is 0 Å². The number of carbonyl (C=O) groups is 1. The van der Waals surface area contributed by atoms with Crippen molar-refractivity contribution in [1.29, 1.82) is 0 Å². The highest BCUT2D eigenvalue weighted by molar-refractivity contribution is 5.92. The minimum absolute atomic E-state index is 0.231. The number of unbranched alkanes of at least 4 members (excludes halogenated alkanes) is 2. The summed E-state index contributed by atoms with van der Waals surface area (Å²) in [6.45, 7) is 3.20. The molecule has 2 rings (SSSR count). The zero-order chi connectivity index (χ0) is 15.2. The number of nitrogens with zero attached hydrogens (tertiary/aromatic N) is 2. The van der Waals surface area contributed by atoms with Crippen molar-refractivity contribution in [2.45, 2.75) is 45.6 Å². The van der Waals surface area contributed by atoms with Crippen molar-refractivity contribution in [3.05, 3.63) is 29.6 Å². The van der Waals surface area contributed by atoms with Gasteiger partial charge in [0.05, 0.1) is 16.6 Å². The SMILES string of the molecule is CCCc1nc2cc(C(=O)O)ccc2n1CCCCCO. The van der Waals surface area contributed by atoms with Crippen LogP contribution in [0.3, 0.4) is 0 Å². The molecule has 2 N–H and O–H groups in total. The number of aromatic carboxylic acids is 1. The molecule has 0 spiro atoms. The average Bonchev–Trinajstić information content (AvgIpc) is 2.81. The van der Waals surface area contributed by atoms with Crippen molar-refractivity contribution >= 4 is 17.0 Å². The Hall–Kier alpha value is -1.88. The van der Waals surface area contributed by atoms with Crippen molar-refractivity contribution in [3.8, 4) is 0 Å². The molecule has 0 fully saturated rings. The third-order valence-corrected chi connectivity index (χ3v) is 3.59. The van der Waals surface area contributed by atoms with Gasteiger partial charge in [-0.25, -0.2) is 9.78 Å². The van der Waals surface area contributed by atoms with E-state index in [1.54, 1.807) is 12.1 Å². The topological polar surface area (TPSA) is 75.3 Å². The number of imidazole rings is 1. The Morgan fingerprint density at radius 3 is 2.76 bits per heavy atom. The highest BCUT2D eigenvalue weighted by Crippen LogP contribution is 2.20. The van der Waals surface area contributed by atoms with Crippen LogP contribution in [0.1, 0.15) is 48.8 Å². The molecule has 5 nitrogen and oxygen atoms in total. The number of aliphatic hydroxyl groups excluding tert-OH is 1. The second-order valence-corrected chi connectivity index (χ2v) is 5.22. The normalized spacial score (nSPS) is 11.1. The number of hydrogen-bond acceptors (Lipinski definition) is 3. The van der Waals surface area contributed by atoms with Gasteiger partial charge in [0, 0.05) is 19.6 Å². The second-order valence-electron chi connectivity index (χ2n) is 5.22. The van der Waals surface area contributed by atoms with Crippen LogP contribution in [0.4, 0.5) is 0 Å². The van der Waals surface area contributed by atoms with Crippen LogP contribution in [0.15, 0.2) is 18.2 Å². The van der Waals surface area contributed by atoms with Crippen molar-refractivity contribution in [1.82, 2.24) is 9.55 Å². The first-order valence-electron chi connectivity index (χ1n) is 7.50. The van der Waals surface area contributed by atoms with E-state index in [0.717, 1.165) is 55.5 Å². The van der Waals surface area contributed by atoms with Crippen LogP contribution in [0.2, 0.25) is 0 Å². The average molecular weight is 290 g/mol. The molecule has 114 valence electrons. The van der Waals surface area contributed by atoms with Gasteiger partial charge in [-0.15, -0.1) is 0 Å². The Kier molecular flexibility index (Phi) is 5.33. The van der Waals surface area contributed by atoms with E-state index in [2.05, 4.69) is 16.5 Å². The summed E-state index contributed by atoms with van der Waals surface area (Å²) in [6.07, 6.45) is 4.68. The number of fused-ring (bicyclic) bond motifs is 1. The lowest BCUT2D eigenvalue weighted by molar-refractivity contribution is 0.0697. The van der Waals surface area contributed by atoms with Gasteiger partial charge >= 0.3 is 5.97 Å². The Labute approximate surface area is 124 Å². The Morgan fingerprint density at radius 1 is 1.29 bits per heavy atom. The molecule has 0 aliphatic rings. The third-order valence-electron chi connectivity index (χ3n) is 3.59. The van der Waals surface area contributed by atoms with Crippen molar-refractivity contribution in [3.63, 3.8) is 0 Å². The summed E-state index contributed by atoms with van der Waals surface area (Å²) in [7, 11) is 0. The molecule has 0 bridgehead atoms. The Bertz CT molecular complexity index is 619. The van der Waals surface area contributed by atoms with Crippen LogP contribution >= 0.6 is 0 Å².